The average Bonchev–Trinajstić information content (AvgIpc) is 2.78. The van der Waals surface area contributed by atoms with Gasteiger partial charge in [0.05, 0.1) is 21.3 Å². The van der Waals surface area contributed by atoms with E-state index in [1.807, 2.05) is 61.5 Å². The van der Waals surface area contributed by atoms with Gasteiger partial charge in [0, 0.05) is 23.5 Å². The molecule has 30 heavy (non-hydrogen) atoms. The molecule has 0 aliphatic rings. The Kier molecular flexibility index (Phi) is 6.80. The lowest BCUT2D eigenvalue weighted by Crippen LogP contribution is -2.27. The van der Waals surface area contributed by atoms with Gasteiger partial charge in [-0.05, 0) is 24.6 Å². The number of hydrogen-bond donors (Lipinski definition) is 2. The molecule has 0 aliphatic carbocycles. The Labute approximate surface area is 176 Å². The number of carbonyl (C=O) groups excluding carboxylic acids is 1. The highest BCUT2D eigenvalue weighted by molar-refractivity contribution is 5.97. The second kappa shape index (κ2) is 9.69. The van der Waals surface area contributed by atoms with E-state index in [-0.39, 0.29) is 5.91 Å². The second-order valence-corrected chi connectivity index (χ2v) is 6.76. The topological polar surface area (TPSA) is 68.8 Å². The van der Waals surface area contributed by atoms with Crippen molar-refractivity contribution < 1.29 is 19.0 Å². The summed E-state index contributed by atoms with van der Waals surface area (Å²) in [6, 6.07) is 20.1. The number of carbonyl (C=O) groups is 1. The van der Waals surface area contributed by atoms with Gasteiger partial charge in [0.2, 0.25) is 5.75 Å². The summed E-state index contributed by atoms with van der Waals surface area (Å²) < 4.78 is 16.2. The van der Waals surface area contributed by atoms with Crippen molar-refractivity contribution in [2.45, 2.75) is 13.0 Å². The molecule has 3 rings (SSSR count). The third kappa shape index (κ3) is 4.84. The Morgan fingerprint density at radius 3 is 1.93 bits per heavy atom. The van der Waals surface area contributed by atoms with Crippen molar-refractivity contribution in [3.8, 4) is 17.2 Å². The fourth-order valence-electron chi connectivity index (χ4n) is 3.13. The van der Waals surface area contributed by atoms with E-state index in [9.17, 15) is 4.79 Å². The van der Waals surface area contributed by atoms with Crippen molar-refractivity contribution in [2.24, 2.45) is 0 Å². The summed E-state index contributed by atoms with van der Waals surface area (Å²) in [5.74, 6) is 1.32. The third-order valence-electron chi connectivity index (χ3n) is 4.69. The quantitative estimate of drug-likeness (QED) is 0.562. The number of anilines is 2. The van der Waals surface area contributed by atoms with E-state index in [0.29, 0.717) is 22.9 Å². The van der Waals surface area contributed by atoms with Crippen LogP contribution < -0.4 is 24.8 Å². The van der Waals surface area contributed by atoms with Crippen LogP contribution in [0.1, 0.15) is 17.2 Å². The molecule has 0 saturated heterocycles. The molecular weight excluding hydrogens is 380 g/mol. The first-order valence-corrected chi connectivity index (χ1v) is 9.54. The zero-order valence-corrected chi connectivity index (χ0v) is 17.6. The van der Waals surface area contributed by atoms with E-state index >= 15 is 0 Å². The van der Waals surface area contributed by atoms with E-state index in [1.165, 1.54) is 0 Å². The predicted octanol–water partition coefficient (Wildman–Crippen LogP) is 4.81. The van der Waals surface area contributed by atoms with E-state index in [2.05, 4.69) is 10.6 Å². The maximum Gasteiger partial charge on any atom is 0.251 e. The first kappa shape index (κ1) is 21.0. The van der Waals surface area contributed by atoms with Gasteiger partial charge in [0.25, 0.3) is 5.91 Å². The standard InChI is InChI=1S/C24H26N2O4/c1-16-10-12-18(13-11-16)26-24(27)22(17-8-6-5-7-9-17)25-19-14-20(28-2)23(30-4)21(15-19)29-3/h5-15,22,25H,1-4H3,(H,26,27)/t22-/m1/s1. The van der Waals surface area contributed by atoms with E-state index in [0.717, 1.165) is 16.8 Å². The lowest BCUT2D eigenvalue weighted by molar-refractivity contribution is -0.117. The summed E-state index contributed by atoms with van der Waals surface area (Å²) in [4.78, 5) is 13.2. The van der Waals surface area contributed by atoms with Crippen molar-refractivity contribution in [2.75, 3.05) is 32.0 Å². The summed E-state index contributed by atoms with van der Waals surface area (Å²) in [6.07, 6.45) is 0. The SMILES string of the molecule is COc1cc(N[C@@H](C(=O)Nc2ccc(C)cc2)c2ccccc2)cc(OC)c1OC. The van der Waals surface area contributed by atoms with E-state index in [4.69, 9.17) is 14.2 Å². The maximum atomic E-state index is 13.2. The smallest absolute Gasteiger partial charge is 0.251 e. The van der Waals surface area contributed by atoms with Crippen molar-refractivity contribution in [1.82, 2.24) is 0 Å². The number of ether oxygens (including phenoxy) is 3. The van der Waals surface area contributed by atoms with Crippen molar-refractivity contribution in [1.29, 1.82) is 0 Å². The van der Waals surface area contributed by atoms with Gasteiger partial charge >= 0.3 is 0 Å². The van der Waals surface area contributed by atoms with E-state index < -0.39 is 6.04 Å². The van der Waals surface area contributed by atoms with Gasteiger partial charge in [0.15, 0.2) is 11.5 Å². The normalized spacial score (nSPS) is 11.3. The highest BCUT2D eigenvalue weighted by atomic mass is 16.5. The Balaban J connectivity index is 1.93. The lowest BCUT2D eigenvalue weighted by atomic mass is 10.1. The van der Waals surface area contributed by atoms with Gasteiger partial charge in [-0.2, -0.15) is 0 Å². The summed E-state index contributed by atoms with van der Waals surface area (Å²) in [5.41, 5.74) is 3.36. The molecule has 6 nitrogen and oxygen atoms in total. The molecule has 0 spiro atoms. The van der Waals surface area contributed by atoms with Crippen LogP contribution in [0.2, 0.25) is 0 Å². The largest absolute Gasteiger partial charge is 0.493 e. The van der Waals surface area contributed by atoms with E-state index in [1.54, 1.807) is 33.5 Å². The zero-order valence-electron chi connectivity index (χ0n) is 17.6. The van der Waals surface area contributed by atoms with Crippen molar-refractivity contribution >= 4 is 17.3 Å². The molecule has 0 bridgehead atoms. The summed E-state index contributed by atoms with van der Waals surface area (Å²) in [6.45, 7) is 2.00. The fourth-order valence-corrected chi connectivity index (χ4v) is 3.13. The Hall–Kier alpha value is -3.67. The van der Waals surface area contributed by atoms with Crippen LogP contribution in [-0.4, -0.2) is 27.2 Å². The number of nitrogens with one attached hydrogen (secondary N) is 2. The Morgan fingerprint density at radius 1 is 0.800 bits per heavy atom. The molecule has 2 N–H and O–H groups in total. The molecule has 0 aliphatic heterocycles. The lowest BCUT2D eigenvalue weighted by Gasteiger charge is -2.22. The summed E-state index contributed by atoms with van der Waals surface area (Å²) in [7, 11) is 4.66. The first-order chi connectivity index (χ1) is 14.5. The van der Waals surface area contributed by atoms with Crippen LogP contribution in [0.5, 0.6) is 17.2 Å². The van der Waals surface area contributed by atoms with Gasteiger partial charge in [-0.25, -0.2) is 0 Å². The van der Waals surface area contributed by atoms with Gasteiger partial charge < -0.3 is 24.8 Å². The number of amides is 1. The van der Waals surface area contributed by atoms with Crippen LogP contribution in [0.25, 0.3) is 0 Å². The number of benzene rings is 3. The molecule has 3 aromatic rings. The zero-order chi connectivity index (χ0) is 21.5. The number of hydrogen-bond acceptors (Lipinski definition) is 5. The number of rotatable bonds is 8. The van der Waals surface area contributed by atoms with Crippen LogP contribution in [-0.2, 0) is 4.79 Å². The number of aryl methyl sites for hydroxylation is 1. The molecule has 6 heteroatoms. The highest BCUT2D eigenvalue weighted by Gasteiger charge is 2.22. The molecule has 0 radical (unpaired) electrons. The molecule has 1 atom stereocenters. The molecule has 1 amide bonds. The molecule has 156 valence electrons. The van der Waals surface area contributed by atoms with Crippen LogP contribution in [0.4, 0.5) is 11.4 Å². The molecular formula is C24H26N2O4. The predicted molar refractivity (Wildman–Crippen MR) is 119 cm³/mol. The minimum Gasteiger partial charge on any atom is -0.493 e. The maximum absolute atomic E-state index is 13.2. The Bertz CT molecular complexity index is 963. The van der Waals surface area contributed by atoms with Gasteiger partial charge in [-0.1, -0.05) is 48.0 Å². The monoisotopic (exact) mass is 406 g/mol. The molecule has 0 unspecified atom stereocenters. The van der Waals surface area contributed by atoms with Gasteiger partial charge in [0.1, 0.15) is 6.04 Å². The average molecular weight is 406 g/mol. The molecule has 3 aromatic carbocycles. The van der Waals surface area contributed by atoms with Crippen LogP contribution >= 0.6 is 0 Å². The van der Waals surface area contributed by atoms with Crippen molar-refractivity contribution in [3.05, 3.63) is 77.9 Å². The first-order valence-electron chi connectivity index (χ1n) is 9.54. The Morgan fingerprint density at radius 2 is 1.40 bits per heavy atom. The number of methoxy groups -OCH3 is 3. The molecule has 0 heterocycles. The van der Waals surface area contributed by atoms with Crippen molar-refractivity contribution in [3.63, 3.8) is 0 Å². The summed E-state index contributed by atoms with van der Waals surface area (Å²) >= 11 is 0. The summed E-state index contributed by atoms with van der Waals surface area (Å²) in [5, 5.41) is 6.28. The minimum atomic E-state index is -0.629. The molecule has 0 aromatic heterocycles. The minimum absolute atomic E-state index is 0.182. The fraction of sp³-hybridized carbons (Fsp3) is 0.208. The van der Waals surface area contributed by atoms with Crippen LogP contribution in [0.15, 0.2) is 66.7 Å². The second-order valence-electron chi connectivity index (χ2n) is 6.76. The van der Waals surface area contributed by atoms with Crippen LogP contribution in [0.3, 0.4) is 0 Å². The highest BCUT2D eigenvalue weighted by Crippen LogP contribution is 2.40. The molecule has 0 fully saturated rings. The third-order valence-corrected chi connectivity index (χ3v) is 4.69. The van der Waals surface area contributed by atoms with Gasteiger partial charge in [-0.3, -0.25) is 4.79 Å². The molecule has 0 saturated carbocycles. The van der Waals surface area contributed by atoms with Crippen LogP contribution in [0, 0.1) is 6.92 Å². The van der Waals surface area contributed by atoms with Gasteiger partial charge in [-0.15, -0.1) is 0 Å².